The molecule has 0 aliphatic rings. The number of benzene rings is 2. The van der Waals surface area contributed by atoms with Crippen LogP contribution in [0.2, 0.25) is 5.02 Å². The van der Waals surface area contributed by atoms with Gasteiger partial charge in [-0.05, 0) is 11.6 Å². The van der Waals surface area contributed by atoms with Crippen LogP contribution in [0.4, 0.5) is 11.4 Å². The number of nitrogens with zero attached hydrogens (tertiary/aromatic N) is 3. The number of non-ortho nitro benzene ring substituents is 1. The molecule has 0 spiro atoms. The van der Waals surface area contributed by atoms with E-state index in [4.69, 9.17) is 16.4 Å². The molecule has 2 aromatic rings. The Balaban J connectivity index is 2.00. The first kappa shape index (κ1) is 16.4. The highest BCUT2D eigenvalue weighted by Gasteiger charge is 2.11. The van der Waals surface area contributed by atoms with Gasteiger partial charge in [0.1, 0.15) is 11.6 Å². The lowest BCUT2D eigenvalue weighted by atomic mass is 10.2. The highest BCUT2D eigenvalue weighted by atomic mass is 35.5. The van der Waals surface area contributed by atoms with Gasteiger partial charge in [0.2, 0.25) is 0 Å². The topological polar surface area (TPSA) is 108 Å². The van der Waals surface area contributed by atoms with Crippen molar-refractivity contribution in [2.45, 2.75) is 6.61 Å². The molecule has 0 atom stereocenters. The summed E-state index contributed by atoms with van der Waals surface area (Å²) < 4.78 is 0. The molecular weight excluding hydrogens is 326 g/mol. The third-order valence-corrected chi connectivity index (χ3v) is 3.12. The van der Waals surface area contributed by atoms with Crippen LogP contribution in [0.1, 0.15) is 11.1 Å². The number of nitro groups is 2. The number of rotatable bonds is 6. The number of hydrogen-bond donors (Lipinski definition) is 0. The van der Waals surface area contributed by atoms with Gasteiger partial charge in [-0.25, -0.2) is 0 Å². The highest BCUT2D eigenvalue weighted by molar-refractivity contribution is 6.32. The third kappa shape index (κ3) is 4.48. The van der Waals surface area contributed by atoms with Crippen LogP contribution in [-0.4, -0.2) is 16.1 Å². The van der Waals surface area contributed by atoms with Gasteiger partial charge in [0.05, 0.1) is 16.1 Å². The summed E-state index contributed by atoms with van der Waals surface area (Å²) >= 11 is 5.70. The zero-order chi connectivity index (χ0) is 16.8. The van der Waals surface area contributed by atoms with Crippen LogP contribution in [0.5, 0.6) is 0 Å². The summed E-state index contributed by atoms with van der Waals surface area (Å²) in [6.45, 7) is 0.0356. The molecule has 0 aliphatic heterocycles. The summed E-state index contributed by atoms with van der Waals surface area (Å²) in [5.41, 5.74) is 0.760. The van der Waals surface area contributed by atoms with Gasteiger partial charge in [-0.15, -0.1) is 0 Å². The first-order valence-corrected chi connectivity index (χ1v) is 6.68. The van der Waals surface area contributed by atoms with Gasteiger partial charge in [0.25, 0.3) is 11.4 Å². The predicted octanol–water partition coefficient (Wildman–Crippen LogP) is 3.71. The standard InChI is InChI=1S/C14H10ClN3O5/c15-13-5-4-10(7-14(13)18(21)22)8-16-23-9-11-2-1-3-12(6-11)17(19)20/h1-8H,9H2/b16-8-. The number of halogens is 1. The van der Waals surface area contributed by atoms with Crippen LogP contribution >= 0.6 is 11.6 Å². The molecule has 0 saturated heterocycles. The maximum atomic E-state index is 10.8. The maximum absolute atomic E-state index is 10.8. The largest absolute Gasteiger partial charge is 0.391 e. The maximum Gasteiger partial charge on any atom is 0.288 e. The van der Waals surface area contributed by atoms with E-state index in [2.05, 4.69) is 5.16 Å². The highest BCUT2D eigenvalue weighted by Crippen LogP contribution is 2.24. The Hall–Kier alpha value is -3.00. The number of oxime groups is 1. The summed E-state index contributed by atoms with van der Waals surface area (Å²) in [5, 5.41) is 25.1. The minimum atomic E-state index is -0.594. The molecule has 2 aromatic carbocycles. The summed E-state index contributed by atoms with van der Waals surface area (Å²) in [6.07, 6.45) is 1.29. The first-order chi connectivity index (χ1) is 11.0. The van der Waals surface area contributed by atoms with Crippen LogP contribution in [0.3, 0.4) is 0 Å². The molecular formula is C14H10ClN3O5. The molecule has 0 bridgehead atoms. The quantitative estimate of drug-likeness (QED) is 0.454. The van der Waals surface area contributed by atoms with E-state index in [0.29, 0.717) is 11.1 Å². The molecule has 0 saturated carbocycles. The van der Waals surface area contributed by atoms with Crippen molar-refractivity contribution in [2.75, 3.05) is 0 Å². The Morgan fingerprint density at radius 2 is 1.91 bits per heavy atom. The van der Waals surface area contributed by atoms with Crippen LogP contribution in [0.15, 0.2) is 47.6 Å². The van der Waals surface area contributed by atoms with E-state index >= 15 is 0 Å². The van der Waals surface area contributed by atoms with E-state index in [0.717, 1.165) is 0 Å². The van der Waals surface area contributed by atoms with Crippen LogP contribution in [0, 0.1) is 20.2 Å². The van der Waals surface area contributed by atoms with E-state index in [-0.39, 0.29) is 23.0 Å². The van der Waals surface area contributed by atoms with Gasteiger partial charge >= 0.3 is 0 Å². The molecule has 23 heavy (non-hydrogen) atoms. The molecule has 0 heterocycles. The molecule has 8 nitrogen and oxygen atoms in total. The first-order valence-electron chi connectivity index (χ1n) is 6.30. The average Bonchev–Trinajstić information content (AvgIpc) is 2.53. The molecule has 0 radical (unpaired) electrons. The lowest BCUT2D eigenvalue weighted by Gasteiger charge is -2.00. The van der Waals surface area contributed by atoms with E-state index in [1.807, 2.05) is 0 Å². The van der Waals surface area contributed by atoms with Gasteiger partial charge in [-0.1, -0.05) is 35.0 Å². The monoisotopic (exact) mass is 335 g/mol. The predicted molar refractivity (Wildman–Crippen MR) is 83.6 cm³/mol. The lowest BCUT2D eigenvalue weighted by Crippen LogP contribution is -1.93. The second-order valence-corrected chi connectivity index (χ2v) is 4.81. The molecule has 2 rings (SSSR count). The molecule has 0 amide bonds. The van der Waals surface area contributed by atoms with Crippen molar-refractivity contribution < 1.29 is 14.7 Å². The molecule has 0 aliphatic carbocycles. The zero-order valence-corrected chi connectivity index (χ0v) is 12.3. The van der Waals surface area contributed by atoms with Crippen molar-refractivity contribution in [2.24, 2.45) is 5.16 Å². The van der Waals surface area contributed by atoms with E-state index in [1.165, 1.54) is 30.5 Å². The van der Waals surface area contributed by atoms with Gasteiger partial charge < -0.3 is 4.84 Å². The second-order valence-electron chi connectivity index (χ2n) is 4.40. The van der Waals surface area contributed by atoms with Crippen molar-refractivity contribution in [3.8, 4) is 0 Å². The Labute approximate surface area is 135 Å². The van der Waals surface area contributed by atoms with Crippen molar-refractivity contribution in [3.05, 3.63) is 78.8 Å². The third-order valence-electron chi connectivity index (χ3n) is 2.80. The summed E-state index contributed by atoms with van der Waals surface area (Å²) in [4.78, 5) is 25.4. The lowest BCUT2D eigenvalue weighted by molar-refractivity contribution is -0.385. The van der Waals surface area contributed by atoms with Crippen LogP contribution in [-0.2, 0) is 11.4 Å². The molecule has 118 valence electrons. The fraction of sp³-hybridized carbons (Fsp3) is 0.0714. The van der Waals surface area contributed by atoms with Crippen molar-refractivity contribution in [3.63, 3.8) is 0 Å². The SMILES string of the molecule is O=[N+]([O-])c1cccc(CO/N=C\c2ccc(Cl)c([N+](=O)[O-])c2)c1. The summed E-state index contributed by atoms with van der Waals surface area (Å²) in [6, 6.07) is 10.2. The second kappa shape index (κ2) is 7.32. The van der Waals surface area contributed by atoms with Crippen molar-refractivity contribution in [1.29, 1.82) is 0 Å². The molecule has 0 aromatic heterocycles. The molecule has 0 unspecified atom stereocenters. The summed E-state index contributed by atoms with van der Waals surface area (Å²) in [7, 11) is 0. The average molecular weight is 336 g/mol. The molecule has 9 heteroatoms. The Morgan fingerprint density at radius 1 is 1.13 bits per heavy atom. The van der Waals surface area contributed by atoms with Crippen molar-refractivity contribution >= 4 is 29.2 Å². The smallest absolute Gasteiger partial charge is 0.288 e. The number of nitro benzene ring substituents is 2. The van der Waals surface area contributed by atoms with Gasteiger partial charge in [-0.3, -0.25) is 20.2 Å². The Morgan fingerprint density at radius 3 is 2.61 bits per heavy atom. The van der Waals surface area contributed by atoms with Gasteiger partial charge in [-0.2, -0.15) is 0 Å². The van der Waals surface area contributed by atoms with Crippen LogP contribution < -0.4 is 0 Å². The molecule has 0 N–H and O–H groups in total. The van der Waals surface area contributed by atoms with Crippen molar-refractivity contribution in [1.82, 2.24) is 0 Å². The van der Waals surface area contributed by atoms with Crippen LogP contribution in [0.25, 0.3) is 0 Å². The Bertz CT molecular complexity index is 779. The minimum absolute atomic E-state index is 0.0321. The fourth-order valence-corrected chi connectivity index (χ4v) is 1.91. The van der Waals surface area contributed by atoms with E-state index in [9.17, 15) is 20.2 Å². The van der Waals surface area contributed by atoms with Gasteiger partial charge in [0.15, 0.2) is 0 Å². The number of hydrogen-bond acceptors (Lipinski definition) is 6. The van der Waals surface area contributed by atoms with Gasteiger partial charge in [0, 0.05) is 23.8 Å². The van der Waals surface area contributed by atoms with E-state index in [1.54, 1.807) is 18.2 Å². The van der Waals surface area contributed by atoms with E-state index < -0.39 is 9.85 Å². The summed E-state index contributed by atoms with van der Waals surface area (Å²) in [5.74, 6) is 0. The fourth-order valence-electron chi connectivity index (χ4n) is 1.72. The zero-order valence-electron chi connectivity index (χ0n) is 11.6. The minimum Gasteiger partial charge on any atom is -0.391 e. The normalized spacial score (nSPS) is 10.7. The Kier molecular flexibility index (Phi) is 5.21. The molecule has 0 fully saturated rings.